The van der Waals surface area contributed by atoms with Gasteiger partial charge in [-0.15, -0.1) is 0 Å². The Hall–Kier alpha value is -1.06. The monoisotopic (exact) mass is 262 g/mol. The molecule has 0 bridgehead atoms. The number of allylic oxidation sites excluding steroid dienone is 1. The molecule has 0 heterocycles. The largest absolute Gasteiger partial charge is 0.481 e. The summed E-state index contributed by atoms with van der Waals surface area (Å²) in [4.78, 5) is 10.2. The Kier molecular flexibility index (Phi) is 4.77. The second kappa shape index (κ2) is 5.87. The molecule has 1 rings (SSSR count). The summed E-state index contributed by atoms with van der Waals surface area (Å²) in [6.07, 6.45) is 3.79. The van der Waals surface area contributed by atoms with Crippen LogP contribution in [0, 0.1) is 5.82 Å². The second-order valence-corrected chi connectivity index (χ2v) is 3.95. The van der Waals surface area contributed by atoms with Crippen molar-refractivity contribution in [1.29, 1.82) is 0 Å². The maximum atomic E-state index is 13.0. The molecule has 0 aromatic heterocycles. The number of carboxylic acids is 1. The summed E-state index contributed by atoms with van der Waals surface area (Å²) in [5.41, 5.74) is 0.641. The van der Waals surface area contributed by atoms with Gasteiger partial charge in [0.25, 0.3) is 0 Å². The van der Waals surface area contributed by atoms with Gasteiger partial charge in [-0.2, -0.15) is 0 Å². The minimum Gasteiger partial charge on any atom is -0.481 e. The first-order valence-corrected chi connectivity index (χ1v) is 5.29. The lowest BCUT2D eigenvalue weighted by atomic mass is 10.2. The van der Waals surface area contributed by atoms with Crippen molar-refractivity contribution in [2.24, 2.45) is 0 Å². The zero-order valence-corrected chi connectivity index (χ0v) is 9.72. The van der Waals surface area contributed by atoms with Gasteiger partial charge in [0.15, 0.2) is 5.82 Å². The third-order valence-electron chi connectivity index (χ3n) is 1.84. The first-order valence-electron chi connectivity index (χ1n) is 4.53. The van der Waals surface area contributed by atoms with E-state index in [-0.39, 0.29) is 16.5 Å². The van der Waals surface area contributed by atoms with Crippen LogP contribution < -0.4 is 0 Å². The van der Waals surface area contributed by atoms with Crippen LogP contribution in [-0.2, 0) is 4.79 Å². The molecular weight excluding hydrogens is 254 g/mol. The molecule has 0 amide bonds. The molecule has 0 saturated heterocycles. The Morgan fingerprint density at radius 3 is 2.44 bits per heavy atom. The van der Waals surface area contributed by atoms with E-state index in [4.69, 9.17) is 28.3 Å². The van der Waals surface area contributed by atoms with Crippen molar-refractivity contribution in [1.82, 2.24) is 0 Å². The van der Waals surface area contributed by atoms with Crippen molar-refractivity contribution in [2.45, 2.75) is 12.8 Å². The highest BCUT2D eigenvalue weighted by atomic mass is 35.5. The highest BCUT2D eigenvalue weighted by molar-refractivity contribution is 6.35. The number of benzene rings is 1. The summed E-state index contributed by atoms with van der Waals surface area (Å²) in [5.74, 6) is -1.51. The minimum atomic E-state index is -0.861. The Morgan fingerprint density at radius 2 is 1.94 bits per heavy atom. The highest BCUT2D eigenvalue weighted by Gasteiger charge is 2.05. The van der Waals surface area contributed by atoms with Crippen LogP contribution in [0.2, 0.25) is 10.0 Å². The lowest BCUT2D eigenvalue weighted by Gasteiger charge is -1.99. The molecule has 0 aliphatic rings. The quantitative estimate of drug-likeness (QED) is 0.833. The molecule has 1 aromatic rings. The molecule has 0 radical (unpaired) electrons. The van der Waals surface area contributed by atoms with Crippen LogP contribution in [0.4, 0.5) is 4.39 Å². The van der Waals surface area contributed by atoms with E-state index >= 15 is 0 Å². The van der Waals surface area contributed by atoms with Crippen molar-refractivity contribution in [3.05, 3.63) is 39.6 Å². The van der Waals surface area contributed by atoms with Gasteiger partial charge in [0.2, 0.25) is 0 Å². The fraction of sp³-hybridized carbons (Fsp3) is 0.182. The normalized spacial score (nSPS) is 10.9. The molecule has 0 aliphatic carbocycles. The fourth-order valence-corrected chi connectivity index (χ4v) is 1.60. The summed E-state index contributed by atoms with van der Waals surface area (Å²) in [6.45, 7) is 0. The molecule has 1 N–H and O–H groups in total. The van der Waals surface area contributed by atoms with Crippen LogP contribution in [0.15, 0.2) is 18.2 Å². The SMILES string of the molecule is O=C(O)CCC=Cc1cc(Cl)c(F)c(Cl)c1. The van der Waals surface area contributed by atoms with Gasteiger partial charge in [-0.05, 0) is 24.1 Å². The summed E-state index contributed by atoms with van der Waals surface area (Å²) >= 11 is 11.2. The first kappa shape index (κ1) is 13.0. The molecule has 0 spiro atoms. The molecule has 0 unspecified atom stereocenters. The Balaban J connectivity index is 2.71. The molecule has 86 valence electrons. The van der Waals surface area contributed by atoms with Gasteiger partial charge < -0.3 is 5.11 Å². The predicted molar refractivity (Wildman–Crippen MR) is 62.3 cm³/mol. The van der Waals surface area contributed by atoms with E-state index < -0.39 is 11.8 Å². The minimum absolute atomic E-state index is 0.0506. The predicted octanol–water partition coefficient (Wildman–Crippen LogP) is 4.01. The maximum Gasteiger partial charge on any atom is 0.303 e. The van der Waals surface area contributed by atoms with Crippen LogP contribution in [-0.4, -0.2) is 11.1 Å². The maximum absolute atomic E-state index is 13.0. The Morgan fingerprint density at radius 1 is 1.38 bits per heavy atom. The van der Waals surface area contributed by atoms with Crippen LogP contribution in [0.1, 0.15) is 18.4 Å². The molecule has 16 heavy (non-hydrogen) atoms. The van der Waals surface area contributed by atoms with Crippen molar-refractivity contribution in [3.8, 4) is 0 Å². The van der Waals surface area contributed by atoms with E-state index in [9.17, 15) is 9.18 Å². The van der Waals surface area contributed by atoms with Crippen molar-refractivity contribution in [2.75, 3.05) is 0 Å². The van der Waals surface area contributed by atoms with Gasteiger partial charge in [0.1, 0.15) is 0 Å². The van der Waals surface area contributed by atoms with E-state index in [2.05, 4.69) is 0 Å². The summed E-state index contributed by atoms with van der Waals surface area (Å²) in [7, 11) is 0. The van der Waals surface area contributed by atoms with E-state index in [1.54, 1.807) is 12.2 Å². The molecule has 2 nitrogen and oxygen atoms in total. The highest BCUT2D eigenvalue weighted by Crippen LogP contribution is 2.25. The van der Waals surface area contributed by atoms with E-state index in [0.29, 0.717) is 12.0 Å². The standard InChI is InChI=1S/C11H9Cl2FO2/c12-8-5-7(6-9(13)11(8)14)3-1-2-4-10(15)16/h1,3,5-6H,2,4H2,(H,15,16). The van der Waals surface area contributed by atoms with Gasteiger partial charge in [-0.25, -0.2) is 4.39 Å². The average molecular weight is 263 g/mol. The fourth-order valence-electron chi connectivity index (χ4n) is 1.10. The van der Waals surface area contributed by atoms with E-state index in [1.165, 1.54) is 12.1 Å². The summed E-state index contributed by atoms with van der Waals surface area (Å²) in [5, 5.41) is 8.31. The van der Waals surface area contributed by atoms with Gasteiger partial charge in [-0.1, -0.05) is 35.4 Å². The topological polar surface area (TPSA) is 37.3 Å². The number of halogens is 3. The number of rotatable bonds is 4. The molecular formula is C11H9Cl2FO2. The second-order valence-electron chi connectivity index (χ2n) is 3.13. The van der Waals surface area contributed by atoms with Gasteiger partial charge in [-0.3, -0.25) is 4.79 Å². The van der Waals surface area contributed by atoms with Crippen LogP contribution in [0.5, 0.6) is 0 Å². The summed E-state index contributed by atoms with van der Waals surface area (Å²) < 4.78 is 13.0. The first-order chi connectivity index (χ1) is 7.50. The molecule has 1 aromatic carbocycles. The number of carbonyl (C=O) groups is 1. The molecule has 0 saturated carbocycles. The smallest absolute Gasteiger partial charge is 0.303 e. The molecule has 0 aliphatic heterocycles. The number of carboxylic acid groups (broad SMARTS) is 1. The van der Waals surface area contributed by atoms with Crippen LogP contribution in [0.3, 0.4) is 0 Å². The molecule has 0 fully saturated rings. The third-order valence-corrected chi connectivity index (χ3v) is 2.39. The van der Waals surface area contributed by atoms with Crippen LogP contribution in [0.25, 0.3) is 6.08 Å². The Labute approximate surface area is 102 Å². The number of hydrogen-bond acceptors (Lipinski definition) is 1. The number of aliphatic carboxylic acids is 1. The van der Waals surface area contributed by atoms with Gasteiger partial charge in [0, 0.05) is 6.42 Å². The van der Waals surface area contributed by atoms with E-state index in [0.717, 1.165) is 0 Å². The number of hydrogen-bond donors (Lipinski definition) is 1. The zero-order chi connectivity index (χ0) is 12.1. The third kappa shape index (κ3) is 3.83. The van der Waals surface area contributed by atoms with Crippen molar-refractivity contribution >= 4 is 35.2 Å². The van der Waals surface area contributed by atoms with Crippen LogP contribution >= 0.6 is 23.2 Å². The lowest BCUT2D eigenvalue weighted by Crippen LogP contribution is -1.91. The zero-order valence-electron chi connectivity index (χ0n) is 8.21. The molecule has 0 atom stereocenters. The average Bonchev–Trinajstić information content (AvgIpc) is 2.20. The van der Waals surface area contributed by atoms with Gasteiger partial charge in [0.05, 0.1) is 10.0 Å². The Bertz CT molecular complexity index is 407. The lowest BCUT2D eigenvalue weighted by molar-refractivity contribution is -0.136. The van der Waals surface area contributed by atoms with Crippen molar-refractivity contribution < 1.29 is 14.3 Å². The van der Waals surface area contributed by atoms with Crippen molar-refractivity contribution in [3.63, 3.8) is 0 Å². The molecule has 5 heteroatoms. The van der Waals surface area contributed by atoms with E-state index in [1.807, 2.05) is 0 Å². The summed E-state index contributed by atoms with van der Waals surface area (Å²) in [6, 6.07) is 2.86. The van der Waals surface area contributed by atoms with Gasteiger partial charge >= 0.3 is 5.97 Å².